The van der Waals surface area contributed by atoms with Gasteiger partial charge in [0.15, 0.2) is 0 Å². The summed E-state index contributed by atoms with van der Waals surface area (Å²) in [6.45, 7) is 20.8. The number of hydrogen-bond acceptors (Lipinski definition) is 2. The first kappa shape index (κ1) is 23.5. The number of phenols is 1. The highest BCUT2D eigenvalue weighted by Gasteiger charge is 2.28. The van der Waals surface area contributed by atoms with Crippen LogP contribution < -0.4 is 0 Å². The Morgan fingerprint density at radius 3 is 1.69 bits per heavy atom. The molecule has 2 heteroatoms. The molecule has 1 atom stereocenters. The van der Waals surface area contributed by atoms with Crippen molar-refractivity contribution in [1.29, 1.82) is 0 Å². The Morgan fingerprint density at radius 2 is 1.28 bits per heavy atom. The van der Waals surface area contributed by atoms with Crippen LogP contribution in [0.15, 0.2) is 42.5 Å². The number of hydrogen-bond donors (Lipinski definition) is 1. The molecular formula is C27H41NO. The number of aromatic hydroxyl groups is 1. The van der Waals surface area contributed by atoms with Gasteiger partial charge in [-0.05, 0) is 59.1 Å². The first-order valence-electron chi connectivity index (χ1n) is 11.1. The van der Waals surface area contributed by atoms with Gasteiger partial charge in [0.1, 0.15) is 5.75 Å². The van der Waals surface area contributed by atoms with E-state index in [2.05, 4.69) is 103 Å². The monoisotopic (exact) mass is 395 g/mol. The molecule has 0 bridgehead atoms. The van der Waals surface area contributed by atoms with Gasteiger partial charge < -0.3 is 10.0 Å². The minimum atomic E-state index is -0.111. The zero-order chi connectivity index (χ0) is 21.8. The standard InChI is InChI=1S/C27H41NO/c1-9-28(10-2)17-16-22(20-14-12-11-13-15-20)21-18-23(26(3,4)5)25(29)24(19-21)27(6,7)8/h11-15,18-19,22,29H,9-10,16-17H2,1-8H3. The van der Waals surface area contributed by atoms with E-state index >= 15 is 0 Å². The van der Waals surface area contributed by atoms with Crippen LogP contribution in [0.2, 0.25) is 0 Å². The number of benzene rings is 2. The highest BCUT2D eigenvalue weighted by Crippen LogP contribution is 2.42. The SMILES string of the molecule is CCN(CC)CCC(c1ccccc1)c1cc(C(C)(C)C)c(O)c(C(C)(C)C)c1. The normalized spacial score (nSPS) is 13.7. The fourth-order valence-electron chi connectivity index (χ4n) is 4.06. The van der Waals surface area contributed by atoms with Crippen molar-refractivity contribution in [3.05, 3.63) is 64.7 Å². The minimum Gasteiger partial charge on any atom is -0.507 e. The van der Waals surface area contributed by atoms with Crippen molar-refractivity contribution in [2.75, 3.05) is 19.6 Å². The predicted octanol–water partition coefficient (Wildman–Crippen LogP) is 6.85. The van der Waals surface area contributed by atoms with Gasteiger partial charge in [0.05, 0.1) is 0 Å². The number of rotatable bonds is 7. The lowest BCUT2D eigenvalue weighted by Crippen LogP contribution is -2.26. The van der Waals surface area contributed by atoms with Gasteiger partial charge >= 0.3 is 0 Å². The van der Waals surface area contributed by atoms with Crippen LogP contribution in [-0.4, -0.2) is 29.6 Å². The largest absolute Gasteiger partial charge is 0.507 e. The van der Waals surface area contributed by atoms with Gasteiger partial charge in [-0.25, -0.2) is 0 Å². The molecule has 2 nitrogen and oxygen atoms in total. The van der Waals surface area contributed by atoms with E-state index in [1.54, 1.807) is 0 Å². The summed E-state index contributed by atoms with van der Waals surface area (Å²) >= 11 is 0. The minimum absolute atomic E-state index is 0.111. The molecule has 0 aliphatic rings. The molecule has 0 saturated carbocycles. The van der Waals surface area contributed by atoms with E-state index in [-0.39, 0.29) is 10.8 Å². The highest BCUT2D eigenvalue weighted by molar-refractivity contribution is 5.52. The summed E-state index contributed by atoms with van der Waals surface area (Å²) in [4.78, 5) is 2.49. The van der Waals surface area contributed by atoms with Gasteiger partial charge in [-0.1, -0.05) is 97.9 Å². The molecule has 0 aliphatic heterocycles. The summed E-state index contributed by atoms with van der Waals surface area (Å²) in [5.41, 5.74) is 4.54. The van der Waals surface area contributed by atoms with Crippen LogP contribution in [0, 0.1) is 0 Å². The van der Waals surface area contributed by atoms with Crippen LogP contribution >= 0.6 is 0 Å². The molecule has 0 aliphatic carbocycles. The molecule has 0 saturated heterocycles. The van der Waals surface area contributed by atoms with Crippen LogP contribution in [0.25, 0.3) is 0 Å². The molecule has 0 spiro atoms. The average molecular weight is 396 g/mol. The molecule has 2 rings (SSSR count). The summed E-state index contributed by atoms with van der Waals surface area (Å²) in [7, 11) is 0. The Morgan fingerprint density at radius 1 is 0.793 bits per heavy atom. The maximum absolute atomic E-state index is 11.1. The fourth-order valence-corrected chi connectivity index (χ4v) is 4.06. The molecule has 29 heavy (non-hydrogen) atoms. The maximum atomic E-state index is 11.1. The number of phenolic OH excluding ortho intramolecular Hbond substituents is 1. The first-order valence-corrected chi connectivity index (χ1v) is 11.1. The van der Waals surface area contributed by atoms with Gasteiger partial charge in [0, 0.05) is 5.92 Å². The molecule has 0 heterocycles. The van der Waals surface area contributed by atoms with E-state index in [1.807, 2.05) is 0 Å². The molecule has 0 radical (unpaired) electrons. The zero-order valence-electron chi connectivity index (χ0n) is 19.8. The van der Waals surface area contributed by atoms with Crippen LogP contribution in [0.5, 0.6) is 5.75 Å². The lowest BCUT2D eigenvalue weighted by atomic mass is 9.76. The Kier molecular flexibility index (Phi) is 7.56. The van der Waals surface area contributed by atoms with Crippen molar-refractivity contribution in [1.82, 2.24) is 4.90 Å². The molecule has 0 fully saturated rings. The van der Waals surface area contributed by atoms with Crippen LogP contribution in [0.3, 0.4) is 0 Å². The Labute approximate surface area is 179 Å². The van der Waals surface area contributed by atoms with Crippen LogP contribution in [-0.2, 0) is 10.8 Å². The smallest absolute Gasteiger partial charge is 0.123 e. The van der Waals surface area contributed by atoms with E-state index in [4.69, 9.17) is 0 Å². The van der Waals surface area contributed by atoms with Gasteiger partial charge in [-0.15, -0.1) is 0 Å². The van der Waals surface area contributed by atoms with Crippen molar-refractivity contribution in [2.45, 2.75) is 78.6 Å². The summed E-state index contributed by atoms with van der Waals surface area (Å²) < 4.78 is 0. The summed E-state index contributed by atoms with van der Waals surface area (Å²) in [5.74, 6) is 0.781. The zero-order valence-corrected chi connectivity index (χ0v) is 19.8. The predicted molar refractivity (Wildman–Crippen MR) is 126 cm³/mol. The van der Waals surface area contributed by atoms with Crippen molar-refractivity contribution >= 4 is 0 Å². The van der Waals surface area contributed by atoms with E-state index in [1.165, 1.54) is 11.1 Å². The van der Waals surface area contributed by atoms with Crippen molar-refractivity contribution in [3.63, 3.8) is 0 Å². The average Bonchev–Trinajstić information content (AvgIpc) is 2.65. The van der Waals surface area contributed by atoms with Gasteiger partial charge in [-0.3, -0.25) is 0 Å². The van der Waals surface area contributed by atoms with Gasteiger partial charge in [0.25, 0.3) is 0 Å². The number of nitrogens with zero attached hydrogens (tertiary/aromatic N) is 1. The van der Waals surface area contributed by atoms with Crippen molar-refractivity contribution < 1.29 is 5.11 Å². The third kappa shape index (κ3) is 5.85. The third-order valence-corrected chi connectivity index (χ3v) is 5.98. The lowest BCUT2D eigenvalue weighted by molar-refractivity contribution is 0.294. The summed E-state index contributed by atoms with van der Waals surface area (Å²) in [6, 6.07) is 15.4. The molecule has 160 valence electrons. The highest BCUT2D eigenvalue weighted by atomic mass is 16.3. The molecular weight excluding hydrogens is 354 g/mol. The van der Waals surface area contributed by atoms with Crippen molar-refractivity contribution in [2.24, 2.45) is 0 Å². The molecule has 1 N–H and O–H groups in total. The second-order valence-corrected chi connectivity index (χ2v) is 10.2. The Hall–Kier alpha value is -1.80. The maximum Gasteiger partial charge on any atom is 0.123 e. The van der Waals surface area contributed by atoms with Crippen LogP contribution in [0.1, 0.15) is 90.0 Å². The van der Waals surface area contributed by atoms with E-state index < -0.39 is 0 Å². The Balaban J connectivity index is 2.62. The first-order chi connectivity index (χ1) is 13.5. The molecule has 0 amide bonds. The Bertz CT molecular complexity index is 741. The topological polar surface area (TPSA) is 23.5 Å². The second kappa shape index (κ2) is 9.34. The van der Waals surface area contributed by atoms with E-state index in [0.29, 0.717) is 11.7 Å². The molecule has 0 aromatic heterocycles. The van der Waals surface area contributed by atoms with Crippen LogP contribution in [0.4, 0.5) is 0 Å². The summed E-state index contributed by atoms with van der Waals surface area (Å²) in [6.07, 6.45) is 1.07. The molecule has 2 aromatic carbocycles. The van der Waals surface area contributed by atoms with Gasteiger partial charge in [0.2, 0.25) is 0 Å². The molecule has 2 aromatic rings. The second-order valence-electron chi connectivity index (χ2n) is 10.2. The summed E-state index contributed by atoms with van der Waals surface area (Å²) in [5, 5.41) is 11.1. The molecule has 1 unspecified atom stereocenters. The lowest BCUT2D eigenvalue weighted by Gasteiger charge is -2.31. The fraction of sp³-hybridized carbons (Fsp3) is 0.556. The third-order valence-electron chi connectivity index (χ3n) is 5.98. The quantitative estimate of drug-likeness (QED) is 0.554. The van der Waals surface area contributed by atoms with E-state index in [0.717, 1.165) is 37.2 Å². The van der Waals surface area contributed by atoms with Gasteiger partial charge in [-0.2, -0.15) is 0 Å². The van der Waals surface area contributed by atoms with E-state index in [9.17, 15) is 5.11 Å². The van der Waals surface area contributed by atoms with Crippen molar-refractivity contribution in [3.8, 4) is 5.75 Å².